The number of ether oxygens (including phenoxy) is 1. The van der Waals surface area contributed by atoms with Crippen LogP contribution in [-0.4, -0.2) is 43.5 Å². The van der Waals surface area contributed by atoms with Crippen LogP contribution < -0.4 is 15.4 Å². The van der Waals surface area contributed by atoms with Gasteiger partial charge in [0.15, 0.2) is 9.84 Å². The highest BCUT2D eigenvalue weighted by Gasteiger charge is 2.27. The molecule has 0 saturated carbocycles. The van der Waals surface area contributed by atoms with E-state index in [1.165, 1.54) is 6.20 Å². The lowest BCUT2D eigenvalue weighted by atomic mass is 10.2. The van der Waals surface area contributed by atoms with Gasteiger partial charge in [-0.25, -0.2) is 8.42 Å². The second-order valence-electron chi connectivity index (χ2n) is 6.09. The quantitative estimate of drug-likeness (QED) is 0.804. The summed E-state index contributed by atoms with van der Waals surface area (Å²) in [7, 11) is -2.97. The smallest absolute Gasteiger partial charge is 0.257 e. The fourth-order valence-electron chi connectivity index (χ4n) is 2.83. The standard InChI is InChI=1S/C18H21N3O4S/c1-2-25-17-6-4-3-5-16(17)21-18(22)13-9-15(11-19-10-13)20-14-7-8-26(23,24)12-14/h3-6,9-11,14,20H,2,7-8,12H2,1H3,(H,21,22). The van der Waals surface area contributed by atoms with E-state index in [9.17, 15) is 13.2 Å². The summed E-state index contributed by atoms with van der Waals surface area (Å²) in [6.45, 7) is 2.37. The van der Waals surface area contributed by atoms with E-state index in [2.05, 4.69) is 15.6 Å². The van der Waals surface area contributed by atoms with Gasteiger partial charge in [0.05, 0.1) is 35.1 Å². The Hall–Kier alpha value is -2.61. The molecule has 1 aromatic heterocycles. The van der Waals surface area contributed by atoms with E-state index in [4.69, 9.17) is 4.74 Å². The van der Waals surface area contributed by atoms with E-state index in [0.29, 0.717) is 35.7 Å². The molecule has 1 aliphatic heterocycles. The molecule has 26 heavy (non-hydrogen) atoms. The van der Waals surface area contributed by atoms with Crippen molar-refractivity contribution in [2.45, 2.75) is 19.4 Å². The van der Waals surface area contributed by atoms with Crippen LogP contribution in [0.3, 0.4) is 0 Å². The number of hydrogen-bond donors (Lipinski definition) is 2. The molecule has 0 spiro atoms. The number of amides is 1. The van der Waals surface area contributed by atoms with E-state index < -0.39 is 9.84 Å². The molecule has 0 aliphatic carbocycles. The maximum atomic E-state index is 12.5. The van der Waals surface area contributed by atoms with Crippen molar-refractivity contribution in [3.63, 3.8) is 0 Å². The molecule has 0 radical (unpaired) electrons. The van der Waals surface area contributed by atoms with Crippen molar-refractivity contribution in [2.75, 3.05) is 28.7 Å². The van der Waals surface area contributed by atoms with E-state index >= 15 is 0 Å². The molecule has 2 N–H and O–H groups in total. The van der Waals surface area contributed by atoms with Gasteiger partial charge in [-0.1, -0.05) is 12.1 Å². The van der Waals surface area contributed by atoms with Gasteiger partial charge in [0.1, 0.15) is 5.75 Å². The van der Waals surface area contributed by atoms with Gasteiger partial charge in [0.25, 0.3) is 5.91 Å². The Morgan fingerprint density at radius 1 is 1.31 bits per heavy atom. The van der Waals surface area contributed by atoms with Crippen LogP contribution in [0.4, 0.5) is 11.4 Å². The Bertz CT molecular complexity index is 899. The SMILES string of the molecule is CCOc1ccccc1NC(=O)c1cncc(NC2CCS(=O)(=O)C2)c1. The van der Waals surface area contributed by atoms with Crippen LogP contribution >= 0.6 is 0 Å². The molecule has 3 rings (SSSR count). The highest BCUT2D eigenvalue weighted by molar-refractivity contribution is 7.91. The first-order valence-electron chi connectivity index (χ1n) is 8.42. The predicted octanol–water partition coefficient (Wildman–Crippen LogP) is 2.33. The molecule has 1 aliphatic rings. The largest absolute Gasteiger partial charge is 0.492 e. The zero-order valence-corrected chi connectivity index (χ0v) is 15.3. The minimum absolute atomic E-state index is 0.102. The molecule has 1 atom stereocenters. The van der Waals surface area contributed by atoms with Gasteiger partial charge >= 0.3 is 0 Å². The Balaban J connectivity index is 1.71. The second-order valence-corrected chi connectivity index (χ2v) is 8.32. The molecule has 8 heteroatoms. The summed E-state index contributed by atoms with van der Waals surface area (Å²) in [5.41, 5.74) is 1.58. The number of para-hydroxylation sites is 2. The number of anilines is 2. The van der Waals surface area contributed by atoms with E-state index in [1.807, 2.05) is 19.1 Å². The van der Waals surface area contributed by atoms with Gasteiger partial charge in [-0.15, -0.1) is 0 Å². The normalized spacial score (nSPS) is 18.3. The van der Waals surface area contributed by atoms with Crippen molar-refractivity contribution in [3.8, 4) is 5.75 Å². The van der Waals surface area contributed by atoms with Crippen LogP contribution in [0.2, 0.25) is 0 Å². The van der Waals surface area contributed by atoms with Crippen LogP contribution in [0, 0.1) is 0 Å². The third-order valence-electron chi connectivity index (χ3n) is 4.04. The average molecular weight is 375 g/mol. The topological polar surface area (TPSA) is 97.4 Å². The summed E-state index contributed by atoms with van der Waals surface area (Å²) in [4.78, 5) is 16.6. The molecule has 2 heterocycles. The van der Waals surface area contributed by atoms with Gasteiger partial charge in [-0.2, -0.15) is 0 Å². The maximum Gasteiger partial charge on any atom is 0.257 e. The number of benzene rings is 1. The maximum absolute atomic E-state index is 12.5. The summed E-state index contributed by atoms with van der Waals surface area (Å²) in [6, 6.07) is 8.71. The molecule has 0 bridgehead atoms. The van der Waals surface area contributed by atoms with Crippen LogP contribution in [-0.2, 0) is 9.84 Å². The van der Waals surface area contributed by atoms with Crippen molar-refractivity contribution in [2.24, 2.45) is 0 Å². The molecular formula is C18H21N3O4S. The first-order chi connectivity index (χ1) is 12.5. The van der Waals surface area contributed by atoms with Gasteiger partial charge in [-0.05, 0) is 31.5 Å². The van der Waals surface area contributed by atoms with Crippen molar-refractivity contribution < 1.29 is 17.9 Å². The van der Waals surface area contributed by atoms with Crippen molar-refractivity contribution >= 4 is 27.1 Å². The Morgan fingerprint density at radius 2 is 2.12 bits per heavy atom. The molecule has 1 unspecified atom stereocenters. The zero-order chi connectivity index (χ0) is 18.6. The molecule has 1 saturated heterocycles. The third kappa shape index (κ3) is 4.51. The lowest BCUT2D eigenvalue weighted by molar-refractivity contribution is 0.102. The number of rotatable bonds is 6. The summed E-state index contributed by atoms with van der Waals surface area (Å²) in [6.07, 6.45) is 3.60. The number of carbonyl (C=O) groups is 1. The van der Waals surface area contributed by atoms with Crippen LogP contribution in [0.15, 0.2) is 42.7 Å². The Morgan fingerprint density at radius 3 is 2.85 bits per heavy atom. The zero-order valence-electron chi connectivity index (χ0n) is 14.4. The van der Waals surface area contributed by atoms with Crippen molar-refractivity contribution in [1.29, 1.82) is 0 Å². The molecule has 1 fully saturated rings. The van der Waals surface area contributed by atoms with E-state index in [1.54, 1.807) is 24.4 Å². The highest BCUT2D eigenvalue weighted by Crippen LogP contribution is 2.24. The van der Waals surface area contributed by atoms with E-state index in [0.717, 1.165) is 0 Å². The first-order valence-corrected chi connectivity index (χ1v) is 10.2. The lowest BCUT2D eigenvalue weighted by Crippen LogP contribution is -2.21. The summed E-state index contributed by atoms with van der Waals surface area (Å²) in [5, 5.41) is 5.96. The summed E-state index contributed by atoms with van der Waals surface area (Å²) in [5.74, 6) is 0.576. The van der Waals surface area contributed by atoms with Gasteiger partial charge in [0, 0.05) is 18.4 Å². The van der Waals surface area contributed by atoms with Crippen LogP contribution in [0.1, 0.15) is 23.7 Å². The van der Waals surface area contributed by atoms with Crippen LogP contribution in [0.5, 0.6) is 5.75 Å². The predicted molar refractivity (Wildman–Crippen MR) is 100 cm³/mol. The number of aromatic nitrogens is 1. The highest BCUT2D eigenvalue weighted by atomic mass is 32.2. The molecule has 1 aromatic carbocycles. The number of pyridine rings is 1. The fraction of sp³-hybridized carbons (Fsp3) is 0.333. The molecular weight excluding hydrogens is 354 g/mol. The van der Waals surface area contributed by atoms with Gasteiger partial charge in [0.2, 0.25) is 0 Å². The van der Waals surface area contributed by atoms with Crippen molar-refractivity contribution in [3.05, 3.63) is 48.3 Å². The van der Waals surface area contributed by atoms with E-state index in [-0.39, 0.29) is 23.5 Å². The minimum Gasteiger partial charge on any atom is -0.492 e. The lowest BCUT2D eigenvalue weighted by Gasteiger charge is -2.14. The summed E-state index contributed by atoms with van der Waals surface area (Å²) >= 11 is 0. The molecule has 2 aromatic rings. The Kier molecular flexibility index (Phi) is 5.41. The monoisotopic (exact) mass is 375 g/mol. The number of hydrogen-bond acceptors (Lipinski definition) is 6. The minimum atomic E-state index is -2.97. The van der Waals surface area contributed by atoms with Crippen molar-refractivity contribution in [1.82, 2.24) is 4.98 Å². The van der Waals surface area contributed by atoms with Gasteiger partial charge < -0.3 is 15.4 Å². The number of carbonyl (C=O) groups excluding carboxylic acids is 1. The number of nitrogens with one attached hydrogen (secondary N) is 2. The molecule has 138 valence electrons. The van der Waals surface area contributed by atoms with Crippen LogP contribution in [0.25, 0.3) is 0 Å². The average Bonchev–Trinajstić information content (AvgIpc) is 2.95. The second kappa shape index (κ2) is 7.74. The number of sulfone groups is 1. The molecule has 7 nitrogen and oxygen atoms in total. The fourth-order valence-corrected chi connectivity index (χ4v) is 4.51. The third-order valence-corrected chi connectivity index (χ3v) is 5.81. The summed E-state index contributed by atoms with van der Waals surface area (Å²) < 4.78 is 28.6. The number of nitrogens with zero attached hydrogens (tertiary/aromatic N) is 1. The van der Waals surface area contributed by atoms with Gasteiger partial charge in [-0.3, -0.25) is 9.78 Å². The molecule has 1 amide bonds. The Labute approximate surface area is 152 Å². The first kappa shape index (κ1) is 18.2.